The standard InChI is InChI=1S/C17H13BrN2O/c18-13-4-1-6-15(10-13)20-9-3-7-16(20)12-19-14-5-2-8-17(21)11-14/h1-12,21H. The highest BCUT2D eigenvalue weighted by molar-refractivity contribution is 9.10. The van der Waals surface area contributed by atoms with E-state index in [0.29, 0.717) is 0 Å². The van der Waals surface area contributed by atoms with Gasteiger partial charge in [0, 0.05) is 22.4 Å². The van der Waals surface area contributed by atoms with Crippen molar-refractivity contribution in [1.29, 1.82) is 0 Å². The van der Waals surface area contributed by atoms with Gasteiger partial charge in [0.25, 0.3) is 0 Å². The fraction of sp³-hybridized carbons (Fsp3) is 0. The Morgan fingerprint density at radius 1 is 1.00 bits per heavy atom. The number of halogens is 1. The molecule has 21 heavy (non-hydrogen) atoms. The van der Waals surface area contributed by atoms with E-state index in [1.807, 2.05) is 48.7 Å². The van der Waals surface area contributed by atoms with Gasteiger partial charge in [0.15, 0.2) is 0 Å². The molecule has 0 saturated heterocycles. The first kappa shape index (κ1) is 13.6. The first-order valence-electron chi connectivity index (χ1n) is 6.49. The van der Waals surface area contributed by atoms with E-state index < -0.39 is 0 Å². The smallest absolute Gasteiger partial charge is 0.117 e. The summed E-state index contributed by atoms with van der Waals surface area (Å²) in [5.74, 6) is 0.215. The van der Waals surface area contributed by atoms with E-state index in [2.05, 4.69) is 25.5 Å². The third kappa shape index (κ3) is 3.23. The number of rotatable bonds is 3. The van der Waals surface area contributed by atoms with Crippen molar-refractivity contribution in [2.24, 2.45) is 4.99 Å². The molecule has 0 fully saturated rings. The first-order chi connectivity index (χ1) is 10.2. The number of phenolic OH excluding ortho intramolecular Hbond substituents is 1. The molecule has 0 unspecified atom stereocenters. The van der Waals surface area contributed by atoms with Crippen molar-refractivity contribution in [3.8, 4) is 11.4 Å². The van der Waals surface area contributed by atoms with Crippen LogP contribution in [-0.2, 0) is 0 Å². The van der Waals surface area contributed by atoms with Gasteiger partial charge in [-0.3, -0.25) is 4.99 Å². The molecular formula is C17H13BrN2O. The second kappa shape index (κ2) is 5.97. The molecule has 0 saturated carbocycles. The number of hydrogen-bond donors (Lipinski definition) is 1. The van der Waals surface area contributed by atoms with Crippen molar-refractivity contribution >= 4 is 27.8 Å². The van der Waals surface area contributed by atoms with Gasteiger partial charge in [-0.25, -0.2) is 0 Å². The number of phenols is 1. The molecule has 104 valence electrons. The maximum atomic E-state index is 9.45. The fourth-order valence-electron chi connectivity index (χ4n) is 2.07. The third-order valence-corrected chi connectivity index (χ3v) is 3.54. The number of aromatic nitrogens is 1. The van der Waals surface area contributed by atoms with Crippen LogP contribution < -0.4 is 0 Å². The molecule has 4 heteroatoms. The average molecular weight is 341 g/mol. The van der Waals surface area contributed by atoms with Crippen molar-refractivity contribution in [3.63, 3.8) is 0 Å². The van der Waals surface area contributed by atoms with Crippen molar-refractivity contribution < 1.29 is 5.11 Å². The van der Waals surface area contributed by atoms with Gasteiger partial charge >= 0.3 is 0 Å². The van der Waals surface area contributed by atoms with Crippen molar-refractivity contribution in [1.82, 2.24) is 4.57 Å². The lowest BCUT2D eigenvalue weighted by Crippen LogP contribution is -1.97. The lowest BCUT2D eigenvalue weighted by Gasteiger charge is -2.06. The van der Waals surface area contributed by atoms with Crippen LogP contribution in [0.2, 0.25) is 0 Å². The van der Waals surface area contributed by atoms with E-state index in [-0.39, 0.29) is 5.75 Å². The molecule has 0 aliphatic rings. The van der Waals surface area contributed by atoms with Gasteiger partial charge in [0.2, 0.25) is 0 Å². The number of nitrogens with zero attached hydrogens (tertiary/aromatic N) is 2. The second-order valence-electron chi connectivity index (χ2n) is 4.56. The lowest BCUT2D eigenvalue weighted by atomic mass is 10.3. The Kier molecular flexibility index (Phi) is 3.88. The van der Waals surface area contributed by atoms with Crippen molar-refractivity contribution in [2.75, 3.05) is 0 Å². The number of hydrogen-bond acceptors (Lipinski definition) is 2. The Morgan fingerprint density at radius 3 is 2.67 bits per heavy atom. The average Bonchev–Trinajstić information content (AvgIpc) is 2.94. The molecule has 1 aromatic heterocycles. The van der Waals surface area contributed by atoms with Gasteiger partial charge in [-0.05, 0) is 42.5 Å². The minimum Gasteiger partial charge on any atom is -0.508 e. The zero-order chi connectivity index (χ0) is 14.7. The summed E-state index contributed by atoms with van der Waals surface area (Å²) in [7, 11) is 0. The van der Waals surface area contributed by atoms with E-state index in [4.69, 9.17) is 0 Å². The van der Waals surface area contributed by atoms with E-state index in [1.165, 1.54) is 0 Å². The Bertz CT molecular complexity index is 793. The van der Waals surface area contributed by atoms with Crippen molar-refractivity contribution in [2.45, 2.75) is 0 Å². The normalized spacial score (nSPS) is 11.1. The molecule has 0 aliphatic heterocycles. The summed E-state index contributed by atoms with van der Waals surface area (Å²) in [6.07, 6.45) is 3.78. The molecule has 1 N–H and O–H groups in total. The minimum atomic E-state index is 0.215. The predicted molar refractivity (Wildman–Crippen MR) is 88.8 cm³/mol. The van der Waals surface area contributed by atoms with E-state index in [9.17, 15) is 5.11 Å². The maximum absolute atomic E-state index is 9.45. The Balaban J connectivity index is 1.93. The van der Waals surface area contributed by atoms with E-state index in [1.54, 1.807) is 24.4 Å². The van der Waals surface area contributed by atoms with Gasteiger partial charge in [0.05, 0.1) is 17.6 Å². The molecule has 0 spiro atoms. The summed E-state index contributed by atoms with van der Waals surface area (Å²) in [6, 6.07) is 18.9. The lowest BCUT2D eigenvalue weighted by molar-refractivity contribution is 0.475. The highest BCUT2D eigenvalue weighted by Crippen LogP contribution is 2.20. The van der Waals surface area contributed by atoms with E-state index in [0.717, 1.165) is 21.5 Å². The summed E-state index contributed by atoms with van der Waals surface area (Å²) in [5.41, 5.74) is 2.75. The number of benzene rings is 2. The summed E-state index contributed by atoms with van der Waals surface area (Å²) in [5, 5.41) is 9.45. The van der Waals surface area contributed by atoms with Gasteiger partial charge in [-0.15, -0.1) is 0 Å². The van der Waals surface area contributed by atoms with Crippen LogP contribution in [-0.4, -0.2) is 15.9 Å². The molecule has 0 aliphatic carbocycles. The molecule has 0 amide bonds. The number of aromatic hydroxyl groups is 1. The molecule has 3 rings (SSSR count). The maximum Gasteiger partial charge on any atom is 0.117 e. The minimum absolute atomic E-state index is 0.215. The SMILES string of the molecule is Oc1cccc(N=Cc2cccn2-c2cccc(Br)c2)c1. The molecule has 0 atom stereocenters. The quantitative estimate of drug-likeness (QED) is 0.689. The van der Waals surface area contributed by atoms with Crippen LogP contribution in [0.5, 0.6) is 5.75 Å². The van der Waals surface area contributed by atoms with Crippen molar-refractivity contribution in [3.05, 3.63) is 77.0 Å². The van der Waals surface area contributed by atoms with Gasteiger partial charge < -0.3 is 9.67 Å². The highest BCUT2D eigenvalue weighted by atomic mass is 79.9. The molecule has 0 bridgehead atoms. The third-order valence-electron chi connectivity index (χ3n) is 3.04. The Hall–Kier alpha value is -2.33. The van der Waals surface area contributed by atoms with Crippen LogP contribution in [0.25, 0.3) is 5.69 Å². The summed E-state index contributed by atoms with van der Waals surface area (Å²) in [4.78, 5) is 4.40. The topological polar surface area (TPSA) is 37.5 Å². The predicted octanol–water partition coefficient (Wildman–Crippen LogP) is 4.70. The molecule has 1 heterocycles. The van der Waals surface area contributed by atoms with Crippen LogP contribution in [0.4, 0.5) is 5.69 Å². The molecular weight excluding hydrogens is 328 g/mol. The largest absolute Gasteiger partial charge is 0.508 e. The fourth-order valence-corrected chi connectivity index (χ4v) is 2.46. The second-order valence-corrected chi connectivity index (χ2v) is 5.48. The van der Waals surface area contributed by atoms with Crippen LogP contribution in [0.15, 0.2) is 76.3 Å². The van der Waals surface area contributed by atoms with Gasteiger partial charge in [0.1, 0.15) is 5.75 Å². The van der Waals surface area contributed by atoms with Crippen LogP contribution in [0.1, 0.15) is 5.69 Å². The molecule has 3 aromatic rings. The molecule has 3 nitrogen and oxygen atoms in total. The monoisotopic (exact) mass is 340 g/mol. The van der Waals surface area contributed by atoms with E-state index >= 15 is 0 Å². The summed E-state index contributed by atoms with van der Waals surface area (Å²) in [6.45, 7) is 0. The van der Waals surface area contributed by atoms with Crippen LogP contribution >= 0.6 is 15.9 Å². The first-order valence-corrected chi connectivity index (χ1v) is 7.28. The Labute approximate surface area is 131 Å². The molecule has 0 radical (unpaired) electrons. The Morgan fingerprint density at radius 2 is 1.86 bits per heavy atom. The zero-order valence-electron chi connectivity index (χ0n) is 11.1. The summed E-state index contributed by atoms with van der Waals surface area (Å²) >= 11 is 3.48. The highest BCUT2D eigenvalue weighted by Gasteiger charge is 2.01. The van der Waals surface area contributed by atoms with Gasteiger partial charge in [-0.2, -0.15) is 0 Å². The summed E-state index contributed by atoms with van der Waals surface area (Å²) < 4.78 is 3.08. The number of aliphatic imine (C=N–C) groups is 1. The van der Waals surface area contributed by atoms with Crippen LogP contribution in [0, 0.1) is 0 Å². The molecule has 2 aromatic carbocycles. The van der Waals surface area contributed by atoms with Crippen LogP contribution in [0.3, 0.4) is 0 Å². The zero-order valence-corrected chi connectivity index (χ0v) is 12.7. The van der Waals surface area contributed by atoms with Gasteiger partial charge in [-0.1, -0.05) is 28.1 Å².